The largest absolute Gasteiger partial charge is 0.492 e. The van der Waals surface area contributed by atoms with E-state index in [0.29, 0.717) is 23.8 Å². The highest BCUT2D eigenvalue weighted by Gasteiger charge is 2.34. The number of hydrogen-bond donors (Lipinski definition) is 1. The predicted octanol–water partition coefficient (Wildman–Crippen LogP) is 5.06. The van der Waals surface area contributed by atoms with E-state index in [2.05, 4.69) is 5.32 Å². The first-order chi connectivity index (χ1) is 19.5. The van der Waals surface area contributed by atoms with Gasteiger partial charge in [-0.2, -0.15) is 0 Å². The number of carbonyl (C=O) groups is 2. The Labute approximate surface area is 248 Å². The molecule has 2 unspecified atom stereocenters. The van der Waals surface area contributed by atoms with Crippen LogP contribution >= 0.6 is 11.6 Å². The van der Waals surface area contributed by atoms with Gasteiger partial charge in [0.25, 0.3) is 0 Å². The van der Waals surface area contributed by atoms with Crippen molar-refractivity contribution in [1.82, 2.24) is 10.2 Å². The first kappa shape index (κ1) is 32.0. The lowest BCUT2D eigenvalue weighted by Crippen LogP contribution is -2.54. The number of nitrogens with zero attached hydrogens (tertiary/aromatic N) is 2. The molecule has 1 N–H and O–H groups in total. The minimum absolute atomic E-state index is 0.0755. The molecular formula is C31H38ClN3O5S. The maximum Gasteiger partial charge on any atom is 0.244 e. The normalized spacial score (nSPS) is 12.7. The smallest absolute Gasteiger partial charge is 0.244 e. The summed E-state index contributed by atoms with van der Waals surface area (Å²) in [6.45, 7) is 5.54. The Kier molecular flexibility index (Phi) is 11.6. The summed E-state index contributed by atoms with van der Waals surface area (Å²) in [5, 5.41) is 3.56. The number of rotatable bonds is 14. The molecule has 3 aromatic carbocycles. The van der Waals surface area contributed by atoms with Gasteiger partial charge in [0.05, 0.1) is 18.6 Å². The maximum atomic E-state index is 14.2. The topological polar surface area (TPSA) is 96.0 Å². The van der Waals surface area contributed by atoms with Crippen LogP contribution in [-0.2, 0) is 32.6 Å². The zero-order valence-corrected chi connectivity index (χ0v) is 25.5. The molecule has 0 saturated carbocycles. The fraction of sp³-hybridized carbons (Fsp3) is 0.355. The van der Waals surface area contributed by atoms with Gasteiger partial charge in [-0.1, -0.05) is 73.1 Å². The Balaban J connectivity index is 2.08. The van der Waals surface area contributed by atoms with Crippen molar-refractivity contribution in [2.24, 2.45) is 0 Å². The molecule has 0 heterocycles. The van der Waals surface area contributed by atoms with Gasteiger partial charge in [-0.3, -0.25) is 13.9 Å². The fourth-order valence-electron chi connectivity index (χ4n) is 4.32. The van der Waals surface area contributed by atoms with Crippen LogP contribution in [0.4, 0.5) is 5.69 Å². The van der Waals surface area contributed by atoms with Crippen molar-refractivity contribution in [3.63, 3.8) is 0 Å². The van der Waals surface area contributed by atoms with E-state index >= 15 is 0 Å². The van der Waals surface area contributed by atoms with Crippen LogP contribution in [0.3, 0.4) is 0 Å². The highest BCUT2D eigenvalue weighted by atomic mass is 35.5. The number of ether oxygens (including phenoxy) is 1. The number of hydrogen-bond acceptors (Lipinski definition) is 5. The third kappa shape index (κ3) is 9.23. The number of amides is 2. The summed E-state index contributed by atoms with van der Waals surface area (Å²) >= 11 is 6.10. The number of halogens is 1. The predicted molar refractivity (Wildman–Crippen MR) is 164 cm³/mol. The average molecular weight is 600 g/mol. The molecule has 41 heavy (non-hydrogen) atoms. The molecule has 2 amide bonds. The molecule has 0 aliphatic rings. The standard InChI is InChI=1S/C31H38ClN3O5S/c1-5-23(3)33-31(37)28(20-24-12-8-7-9-13-24)34(21-25-16-18-26(32)19-17-25)30(36)22-35(41(4,38)39)27-14-10-11-15-29(27)40-6-2/h7-19,23,28H,5-6,20-22H2,1-4H3,(H,33,37). The van der Waals surface area contributed by atoms with E-state index in [1.54, 1.807) is 55.5 Å². The van der Waals surface area contributed by atoms with Gasteiger partial charge in [0.15, 0.2) is 0 Å². The first-order valence-corrected chi connectivity index (χ1v) is 15.8. The molecule has 0 radical (unpaired) electrons. The Bertz CT molecular complexity index is 1400. The Morgan fingerprint density at radius 3 is 2.17 bits per heavy atom. The summed E-state index contributed by atoms with van der Waals surface area (Å²) in [6, 6.07) is 22.1. The zero-order chi connectivity index (χ0) is 30.0. The van der Waals surface area contributed by atoms with Crippen molar-refractivity contribution < 1.29 is 22.7 Å². The third-order valence-electron chi connectivity index (χ3n) is 6.65. The van der Waals surface area contributed by atoms with Crippen molar-refractivity contribution in [2.45, 2.75) is 52.2 Å². The molecule has 0 spiro atoms. The van der Waals surface area contributed by atoms with Crippen LogP contribution in [0.15, 0.2) is 78.9 Å². The number of carbonyl (C=O) groups excluding carboxylic acids is 2. The summed E-state index contributed by atoms with van der Waals surface area (Å²) in [6.07, 6.45) is 2.01. The van der Waals surface area contributed by atoms with Gasteiger partial charge in [-0.15, -0.1) is 0 Å². The second kappa shape index (κ2) is 14.9. The van der Waals surface area contributed by atoms with E-state index in [9.17, 15) is 18.0 Å². The van der Waals surface area contributed by atoms with Crippen LogP contribution in [0.5, 0.6) is 5.75 Å². The zero-order valence-electron chi connectivity index (χ0n) is 23.9. The maximum absolute atomic E-state index is 14.2. The Morgan fingerprint density at radius 1 is 0.927 bits per heavy atom. The summed E-state index contributed by atoms with van der Waals surface area (Å²) in [4.78, 5) is 29.4. The van der Waals surface area contributed by atoms with E-state index in [0.717, 1.165) is 21.7 Å². The summed E-state index contributed by atoms with van der Waals surface area (Å²) in [7, 11) is -3.91. The summed E-state index contributed by atoms with van der Waals surface area (Å²) in [5.74, 6) is -0.504. The van der Waals surface area contributed by atoms with Gasteiger partial charge in [0, 0.05) is 24.0 Å². The van der Waals surface area contributed by atoms with Crippen LogP contribution in [0.1, 0.15) is 38.3 Å². The molecule has 2 atom stereocenters. The minimum atomic E-state index is -3.91. The molecule has 0 bridgehead atoms. The van der Waals surface area contributed by atoms with Gasteiger partial charge < -0.3 is 15.0 Å². The molecule has 220 valence electrons. The van der Waals surface area contributed by atoms with E-state index in [1.807, 2.05) is 44.2 Å². The van der Waals surface area contributed by atoms with Crippen molar-refractivity contribution in [3.05, 3.63) is 95.0 Å². The molecule has 3 aromatic rings. The van der Waals surface area contributed by atoms with Crippen molar-refractivity contribution >= 4 is 39.1 Å². The van der Waals surface area contributed by atoms with Crippen molar-refractivity contribution in [2.75, 3.05) is 23.7 Å². The highest BCUT2D eigenvalue weighted by Crippen LogP contribution is 2.30. The first-order valence-electron chi connectivity index (χ1n) is 13.6. The van der Waals surface area contributed by atoms with E-state index < -0.39 is 28.5 Å². The highest BCUT2D eigenvalue weighted by molar-refractivity contribution is 7.92. The van der Waals surface area contributed by atoms with Crippen LogP contribution in [-0.4, -0.2) is 56.6 Å². The molecule has 0 aromatic heterocycles. The lowest BCUT2D eigenvalue weighted by Gasteiger charge is -2.34. The molecule has 0 saturated heterocycles. The molecule has 0 fully saturated rings. The summed E-state index contributed by atoms with van der Waals surface area (Å²) in [5.41, 5.74) is 1.87. The lowest BCUT2D eigenvalue weighted by molar-refractivity contribution is -0.140. The van der Waals surface area contributed by atoms with E-state index in [4.69, 9.17) is 16.3 Å². The lowest BCUT2D eigenvalue weighted by atomic mass is 10.0. The fourth-order valence-corrected chi connectivity index (χ4v) is 5.30. The van der Waals surface area contributed by atoms with Gasteiger partial charge >= 0.3 is 0 Å². The average Bonchev–Trinajstić information content (AvgIpc) is 2.95. The van der Waals surface area contributed by atoms with Crippen molar-refractivity contribution in [1.29, 1.82) is 0 Å². The van der Waals surface area contributed by atoms with Gasteiger partial charge in [0.1, 0.15) is 18.3 Å². The Hall–Kier alpha value is -3.56. The monoisotopic (exact) mass is 599 g/mol. The van der Waals surface area contributed by atoms with E-state index in [1.165, 1.54) is 4.90 Å². The molecule has 0 aliphatic heterocycles. The minimum Gasteiger partial charge on any atom is -0.492 e. The van der Waals surface area contributed by atoms with Gasteiger partial charge in [-0.05, 0) is 55.7 Å². The van der Waals surface area contributed by atoms with Crippen LogP contribution in [0.2, 0.25) is 5.02 Å². The second-order valence-electron chi connectivity index (χ2n) is 9.84. The number of nitrogens with one attached hydrogen (secondary N) is 1. The second-order valence-corrected chi connectivity index (χ2v) is 12.2. The third-order valence-corrected chi connectivity index (χ3v) is 8.03. The van der Waals surface area contributed by atoms with Gasteiger partial charge in [-0.25, -0.2) is 8.42 Å². The number of anilines is 1. The van der Waals surface area contributed by atoms with Crippen molar-refractivity contribution in [3.8, 4) is 5.75 Å². The number of para-hydroxylation sites is 2. The molecule has 10 heteroatoms. The summed E-state index contributed by atoms with van der Waals surface area (Å²) < 4.78 is 32.8. The van der Waals surface area contributed by atoms with Crippen LogP contribution in [0.25, 0.3) is 0 Å². The van der Waals surface area contributed by atoms with E-state index in [-0.39, 0.29) is 30.6 Å². The van der Waals surface area contributed by atoms with Crippen LogP contribution in [0, 0.1) is 0 Å². The molecule has 8 nitrogen and oxygen atoms in total. The number of sulfonamides is 1. The molecular weight excluding hydrogens is 562 g/mol. The quantitative estimate of drug-likeness (QED) is 0.279. The number of benzene rings is 3. The van der Waals surface area contributed by atoms with Crippen LogP contribution < -0.4 is 14.4 Å². The molecule has 0 aliphatic carbocycles. The van der Waals surface area contributed by atoms with Gasteiger partial charge in [0.2, 0.25) is 21.8 Å². The SMILES string of the molecule is CCOc1ccccc1N(CC(=O)N(Cc1ccc(Cl)cc1)C(Cc1ccccc1)C(=O)NC(C)CC)S(C)(=O)=O. The Morgan fingerprint density at radius 2 is 1.56 bits per heavy atom. The molecule has 3 rings (SSSR count).